The van der Waals surface area contributed by atoms with Gasteiger partial charge in [-0.2, -0.15) is 0 Å². The van der Waals surface area contributed by atoms with Crippen molar-refractivity contribution in [2.75, 3.05) is 31.2 Å². The minimum atomic E-state index is -0.773. The van der Waals surface area contributed by atoms with E-state index >= 15 is 0 Å². The summed E-state index contributed by atoms with van der Waals surface area (Å²) in [6, 6.07) is 4.98. The Bertz CT molecular complexity index is 1090. The van der Waals surface area contributed by atoms with Gasteiger partial charge in [-0.05, 0) is 19.1 Å². The van der Waals surface area contributed by atoms with Gasteiger partial charge < -0.3 is 9.64 Å². The third-order valence-electron chi connectivity index (χ3n) is 4.79. The van der Waals surface area contributed by atoms with Crippen molar-refractivity contribution >= 4 is 16.7 Å². The van der Waals surface area contributed by atoms with Gasteiger partial charge in [-0.3, -0.25) is 9.36 Å². The van der Waals surface area contributed by atoms with Crippen LogP contribution in [0.5, 0.6) is 0 Å². The summed E-state index contributed by atoms with van der Waals surface area (Å²) in [6.07, 6.45) is 0. The molecule has 6 nitrogen and oxygen atoms in total. The lowest BCUT2D eigenvalue weighted by Gasteiger charge is -2.28. The summed E-state index contributed by atoms with van der Waals surface area (Å²) < 4.78 is 34.7. The van der Waals surface area contributed by atoms with Crippen LogP contribution in [0.2, 0.25) is 0 Å². The number of fused-ring (bicyclic) bond motifs is 1. The number of aromatic nitrogens is 3. The Kier molecular flexibility index (Phi) is 4.35. The number of hydrogen-bond donors (Lipinski definition) is 0. The number of anilines is 1. The summed E-state index contributed by atoms with van der Waals surface area (Å²) in [5, 5.41) is 0.214. The largest absolute Gasteiger partial charge is 0.378 e. The molecule has 0 bridgehead atoms. The Morgan fingerprint density at radius 2 is 1.85 bits per heavy atom. The van der Waals surface area contributed by atoms with Gasteiger partial charge in [0.2, 0.25) is 0 Å². The first-order chi connectivity index (χ1) is 13.0. The molecule has 8 heteroatoms. The van der Waals surface area contributed by atoms with Crippen LogP contribution in [-0.4, -0.2) is 40.8 Å². The molecule has 3 aromatic rings. The van der Waals surface area contributed by atoms with E-state index in [4.69, 9.17) is 4.74 Å². The molecule has 3 heterocycles. The predicted octanol–water partition coefficient (Wildman–Crippen LogP) is 2.42. The first kappa shape index (κ1) is 17.5. The van der Waals surface area contributed by atoms with Gasteiger partial charge >= 0.3 is 0 Å². The van der Waals surface area contributed by atoms with Crippen LogP contribution in [0.15, 0.2) is 29.1 Å². The summed E-state index contributed by atoms with van der Waals surface area (Å²) in [5.74, 6) is -0.334. The molecule has 0 spiro atoms. The molecule has 0 amide bonds. The molecular weight excluding hydrogens is 354 g/mol. The predicted molar refractivity (Wildman–Crippen MR) is 97.9 cm³/mol. The van der Waals surface area contributed by atoms with Crippen molar-refractivity contribution in [3.8, 4) is 11.3 Å². The second kappa shape index (κ2) is 6.70. The van der Waals surface area contributed by atoms with Crippen molar-refractivity contribution in [3.05, 3.63) is 52.1 Å². The van der Waals surface area contributed by atoms with E-state index in [9.17, 15) is 13.6 Å². The first-order valence-corrected chi connectivity index (χ1v) is 8.62. The number of morpholine rings is 1. The molecule has 0 aliphatic carbocycles. The number of rotatable bonds is 2. The van der Waals surface area contributed by atoms with Gasteiger partial charge in [0.1, 0.15) is 23.3 Å². The molecular formula is C19H18F2N4O2. The van der Waals surface area contributed by atoms with Gasteiger partial charge in [0, 0.05) is 37.8 Å². The third-order valence-corrected chi connectivity index (χ3v) is 4.79. The zero-order valence-corrected chi connectivity index (χ0v) is 15.0. The maximum Gasteiger partial charge on any atom is 0.263 e. The maximum absolute atomic E-state index is 14.5. The number of benzene rings is 1. The highest BCUT2D eigenvalue weighted by Gasteiger charge is 2.21. The van der Waals surface area contributed by atoms with Gasteiger partial charge in [0.25, 0.3) is 5.56 Å². The number of hydrogen-bond acceptors (Lipinski definition) is 5. The Balaban J connectivity index is 2.04. The first-order valence-electron chi connectivity index (χ1n) is 8.62. The van der Waals surface area contributed by atoms with Crippen molar-refractivity contribution in [2.45, 2.75) is 6.92 Å². The summed E-state index contributed by atoms with van der Waals surface area (Å²) in [4.78, 5) is 23.9. The average Bonchev–Trinajstić information content (AvgIpc) is 2.66. The van der Waals surface area contributed by atoms with Gasteiger partial charge in [-0.15, -0.1) is 0 Å². The zero-order valence-electron chi connectivity index (χ0n) is 15.0. The average molecular weight is 372 g/mol. The normalized spacial score (nSPS) is 14.7. The van der Waals surface area contributed by atoms with Crippen molar-refractivity contribution in [1.82, 2.24) is 14.5 Å². The molecule has 4 rings (SSSR count). The zero-order chi connectivity index (χ0) is 19.1. The minimum Gasteiger partial charge on any atom is -0.378 e. The molecule has 1 aliphatic rings. The molecule has 0 radical (unpaired) electrons. The number of halogens is 2. The van der Waals surface area contributed by atoms with Gasteiger partial charge in [-0.25, -0.2) is 18.7 Å². The monoisotopic (exact) mass is 372 g/mol. The maximum atomic E-state index is 14.5. The summed E-state index contributed by atoms with van der Waals surface area (Å²) >= 11 is 0. The second-order valence-electron chi connectivity index (χ2n) is 6.47. The van der Waals surface area contributed by atoms with Gasteiger partial charge in [0.15, 0.2) is 0 Å². The summed E-state index contributed by atoms with van der Waals surface area (Å²) in [6.45, 7) is 4.11. The molecule has 1 aromatic carbocycles. The molecule has 140 valence electrons. The Labute approximate surface area is 154 Å². The van der Waals surface area contributed by atoms with E-state index in [-0.39, 0.29) is 22.2 Å². The summed E-state index contributed by atoms with van der Waals surface area (Å²) in [5.41, 5.74) is 0.349. The van der Waals surface area contributed by atoms with Crippen LogP contribution in [0, 0.1) is 18.6 Å². The fourth-order valence-corrected chi connectivity index (χ4v) is 3.21. The van der Waals surface area contributed by atoms with Crippen molar-refractivity contribution in [3.63, 3.8) is 0 Å². The SMILES string of the molecule is Cc1nc2cc(N3CCOCC3)nc(-c3ccc(F)cc3F)c2c(=O)n1C. The Morgan fingerprint density at radius 1 is 1.11 bits per heavy atom. The third kappa shape index (κ3) is 3.06. The van der Waals surface area contributed by atoms with Crippen molar-refractivity contribution in [1.29, 1.82) is 0 Å². The molecule has 0 atom stereocenters. The highest BCUT2D eigenvalue weighted by Crippen LogP contribution is 2.30. The van der Waals surface area contributed by atoms with Crippen LogP contribution in [0.25, 0.3) is 22.2 Å². The Morgan fingerprint density at radius 3 is 2.56 bits per heavy atom. The quantitative estimate of drug-likeness (QED) is 0.691. The molecule has 0 saturated carbocycles. The summed E-state index contributed by atoms with van der Waals surface area (Å²) in [7, 11) is 1.60. The van der Waals surface area contributed by atoms with E-state index in [0.717, 1.165) is 12.1 Å². The molecule has 0 unspecified atom stereocenters. The van der Waals surface area contributed by atoms with E-state index in [1.807, 2.05) is 4.90 Å². The Hall–Kier alpha value is -2.87. The van der Waals surface area contributed by atoms with Gasteiger partial charge in [0.05, 0.1) is 29.8 Å². The lowest BCUT2D eigenvalue weighted by Crippen LogP contribution is -2.37. The molecule has 0 N–H and O–H groups in total. The molecule has 1 saturated heterocycles. The molecule has 1 fully saturated rings. The smallest absolute Gasteiger partial charge is 0.263 e. The lowest BCUT2D eigenvalue weighted by molar-refractivity contribution is 0.122. The minimum absolute atomic E-state index is 0.0688. The number of pyridine rings is 1. The molecule has 2 aromatic heterocycles. The van der Waals surface area contributed by atoms with Crippen LogP contribution in [-0.2, 0) is 11.8 Å². The van der Waals surface area contributed by atoms with Crippen LogP contribution < -0.4 is 10.5 Å². The highest BCUT2D eigenvalue weighted by atomic mass is 19.1. The highest BCUT2D eigenvalue weighted by molar-refractivity contribution is 5.93. The van der Waals surface area contributed by atoms with Crippen LogP contribution >= 0.6 is 0 Å². The topological polar surface area (TPSA) is 60.2 Å². The second-order valence-corrected chi connectivity index (χ2v) is 6.47. The van der Waals surface area contributed by atoms with Crippen molar-refractivity contribution < 1.29 is 13.5 Å². The van der Waals surface area contributed by atoms with E-state index < -0.39 is 11.6 Å². The number of ether oxygens (including phenoxy) is 1. The van der Waals surface area contributed by atoms with E-state index in [1.54, 1.807) is 20.0 Å². The molecule has 1 aliphatic heterocycles. The number of aryl methyl sites for hydroxylation is 1. The molecule has 27 heavy (non-hydrogen) atoms. The standard InChI is InChI=1S/C19H18F2N4O2/c1-11-22-15-10-16(25-5-7-27-8-6-25)23-18(17(15)19(26)24(11)2)13-4-3-12(20)9-14(13)21/h3-4,9-10H,5-8H2,1-2H3. The van der Waals surface area contributed by atoms with Gasteiger partial charge in [-0.1, -0.05) is 0 Å². The lowest BCUT2D eigenvalue weighted by atomic mass is 10.1. The van der Waals surface area contributed by atoms with Crippen LogP contribution in [0.4, 0.5) is 14.6 Å². The van der Waals surface area contributed by atoms with E-state index in [1.165, 1.54) is 10.6 Å². The van der Waals surface area contributed by atoms with E-state index in [0.29, 0.717) is 43.5 Å². The van der Waals surface area contributed by atoms with E-state index in [2.05, 4.69) is 9.97 Å². The fourth-order valence-electron chi connectivity index (χ4n) is 3.21. The van der Waals surface area contributed by atoms with Crippen molar-refractivity contribution in [2.24, 2.45) is 7.05 Å². The van der Waals surface area contributed by atoms with Crippen LogP contribution in [0.3, 0.4) is 0 Å². The number of nitrogens with zero attached hydrogens (tertiary/aromatic N) is 4. The fraction of sp³-hybridized carbons (Fsp3) is 0.316. The van der Waals surface area contributed by atoms with Crippen LogP contribution in [0.1, 0.15) is 5.82 Å².